The summed E-state index contributed by atoms with van der Waals surface area (Å²) >= 11 is 0. The van der Waals surface area contributed by atoms with Crippen LogP contribution in [-0.4, -0.2) is 34.3 Å². The SMILES string of the molecule is COc1cc(CCC(=O)Nc2ccccc2N(C)c2ccccc2)cc(OC)c1OC. The van der Waals surface area contributed by atoms with Crippen molar-refractivity contribution < 1.29 is 19.0 Å². The van der Waals surface area contributed by atoms with Crippen LogP contribution in [0.4, 0.5) is 17.1 Å². The monoisotopic (exact) mass is 420 g/mol. The average molecular weight is 421 g/mol. The van der Waals surface area contributed by atoms with E-state index in [1.165, 1.54) is 0 Å². The third kappa shape index (κ3) is 5.28. The Labute approximate surface area is 183 Å². The molecule has 1 amide bonds. The molecule has 0 saturated carbocycles. The molecule has 0 spiro atoms. The molecule has 0 aliphatic heterocycles. The van der Waals surface area contributed by atoms with Gasteiger partial charge in [0.15, 0.2) is 11.5 Å². The maximum atomic E-state index is 12.7. The van der Waals surface area contributed by atoms with Gasteiger partial charge in [-0.2, -0.15) is 0 Å². The lowest BCUT2D eigenvalue weighted by atomic mass is 10.1. The molecule has 0 aliphatic rings. The molecule has 162 valence electrons. The summed E-state index contributed by atoms with van der Waals surface area (Å²) < 4.78 is 16.1. The number of nitrogens with zero attached hydrogens (tertiary/aromatic N) is 1. The van der Waals surface area contributed by atoms with Gasteiger partial charge in [0.2, 0.25) is 11.7 Å². The van der Waals surface area contributed by atoms with E-state index in [-0.39, 0.29) is 5.91 Å². The number of anilines is 3. The van der Waals surface area contributed by atoms with Gasteiger partial charge in [0.05, 0.1) is 32.7 Å². The summed E-state index contributed by atoms with van der Waals surface area (Å²) in [6.45, 7) is 0. The van der Waals surface area contributed by atoms with E-state index < -0.39 is 0 Å². The molecule has 0 heterocycles. The van der Waals surface area contributed by atoms with E-state index in [1.54, 1.807) is 21.3 Å². The summed E-state index contributed by atoms with van der Waals surface area (Å²) in [6.07, 6.45) is 0.862. The third-order valence-corrected chi connectivity index (χ3v) is 5.05. The van der Waals surface area contributed by atoms with E-state index in [0.29, 0.717) is 30.1 Å². The lowest BCUT2D eigenvalue weighted by molar-refractivity contribution is -0.116. The second kappa shape index (κ2) is 10.4. The minimum absolute atomic E-state index is 0.0670. The Balaban J connectivity index is 1.71. The fourth-order valence-electron chi connectivity index (χ4n) is 3.41. The van der Waals surface area contributed by atoms with Crippen LogP contribution in [0.1, 0.15) is 12.0 Å². The molecule has 0 bridgehead atoms. The number of rotatable bonds is 9. The standard InChI is InChI=1S/C25H28N2O4/c1-27(19-10-6-5-7-11-19)21-13-9-8-12-20(21)26-24(28)15-14-18-16-22(29-2)25(31-4)23(17-18)30-3/h5-13,16-17H,14-15H2,1-4H3,(H,26,28). The van der Waals surface area contributed by atoms with Crippen LogP contribution in [0.5, 0.6) is 17.2 Å². The van der Waals surface area contributed by atoms with Gasteiger partial charge in [-0.1, -0.05) is 30.3 Å². The predicted octanol–water partition coefficient (Wildman–Crippen LogP) is 5.05. The molecule has 0 aliphatic carbocycles. The van der Waals surface area contributed by atoms with Crippen molar-refractivity contribution in [3.8, 4) is 17.2 Å². The number of carbonyl (C=O) groups is 1. The number of benzene rings is 3. The molecule has 0 saturated heterocycles. The summed E-state index contributed by atoms with van der Waals surface area (Å²) in [6, 6.07) is 21.5. The minimum atomic E-state index is -0.0670. The first-order chi connectivity index (χ1) is 15.1. The Morgan fingerprint density at radius 1 is 0.871 bits per heavy atom. The molecule has 3 rings (SSSR count). The van der Waals surface area contributed by atoms with Gasteiger partial charge in [-0.15, -0.1) is 0 Å². The number of methoxy groups -OCH3 is 3. The number of carbonyl (C=O) groups excluding carboxylic acids is 1. The van der Waals surface area contributed by atoms with Gasteiger partial charge in [0.1, 0.15) is 0 Å². The average Bonchev–Trinajstić information content (AvgIpc) is 2.82. The maximum absolute atomic E-state index is 12.7. The number of amides is 1. The van der Waals surface area contributed by atoms with Gasteiger partial charge in [0.25, 0.3) is 0 Å². The van der Waals surface area contributed by atoms with Crippen LogP contribution in [0.25, 0.3) is 0 Å². The highest BCUT2D eigenvalue weighted by molar-refractivity contribution is 5.95. The second-order valence-electron chi connectivity index (χ2n) is 6.99. The maximum Gasteiger partial charge on any atom is 0.224 e. The van der Waals surface area contributed by atoms with Gasteiger partial charge in [-0.25, -0.2) is 0 Å². The first kappa shape index (κ1) is 22.0. The highest BCUT2D eigenvalue weighted by atomic mass is 16.5. The largest absolute Gasteiger partial charge is 0.493 e. The van der Waals surface area contributed by atoms with Crippen molar-refractivity contribution in [1.82, 2.24) is 0 Å². The summed E-state index contributed by atoms with van der Waals surface area (Å²) in [7, 11) is 6.70. The highest BCUT2D eigenvalue weighted by Gasteiger charge is 2.15. The molecule has 0 radical (unpaired) electrons. The Morgan fingerprint density at radius 2 is 1.48 bits per heavy atom. The second-order valence-corrected chi connectivity index (χ2v) is 6.99. The number of ether oxygens (including phenoxy) is 3. The number of para-hydroxylation sites is 3. The predicted molar refractivity (Wildman–Crippen MR) is 124 cm³/mol. The highest BCUT2D eigenvalue weighted by Crippen LogP contribution is 2.38. The quantitative estimate of drug-likeness (QED) is 0.525. The van der Waals surface area contributed by atoms with Crippen molar-refractivity contribution in [1.29, 1.82) is 0 Å². The Bertz CT molecular complexity index is 996. The number of nitrogens with one attached hydrogen (secondary N) is 1. The van der Waals surface area contributed by atoms with Crippen molar-refractivity contribution in [2.45, 2.75) is 12.8 Å². The third-order valence-electron chi connectivity index (χ3n) is 5.05. The molecule has 1 N–H and O–H groups in total. The number of hydrogen-bond acceptors (Lipinski definition) is 5. The Morgan fingerprint density at radius 3 is 2.10 bits per heavy atom. The van der Waals surface area contributed by atoms with Crippen molar-refractivity contribution in [3.05, 3.63) is 72.3 Å². The number of aryl methyl sites for hydroxylation is 1. The molecule has 6 heteroatoms. The fourth-order valence-corrected chi connectivity index (χ4v) is 3.41. The normalized spacial score (nSPS) is 10.3. The van der Waals surface area contributed by atoms with Crippen LogP contribution < -0.4 is 24.4 Å². The van der Waals surface area contributed by atoms with E-state index >= 15 is 0 Å². The van der Waals surface area contributed by atoms with Crippen molar-refractivity contribution in [3.63, 3.8) is 0 Å². The zero-order valence-electron chi connectivity index (χ0n) is 18.3. The summed E-state index contributed by atoms with van der Waals surface area (Å²) in [4.78, 5) is 14.8. The molecule has 6 nitrogen and oxygen atoms in total. The van der Waals surface area contributed by atoms with Gasteiger partial charge >= 0.3 is 0 Å². The van der Waals surface area contributed by atoms with E-state index in [0.717, 1.165) is 22.6 Å². The van der Waals surface area contributed by atoms with Crippen molar-refractivity contribution in [2.24, 2.45) is 0 Å². The lowest BCUT2D eigenvalue weighted by Gasteiger charge is -2.22. The van der Waals surface area contributed by atoms with Crippen LogP contribution in [0, 0.1) is 0 Å². The first-order valence-corrected chi connectivity index (χ1v) is 10.0. The minimum Gasteiger partial charge on any atom is -0.493 e. The molecular formula is C25H28N2O4. The smallest absolute Gasteiger partial charge is 0.224 e. The van der Waals surface area contributed by atoms with Crippen LogP contribution in [0.15, 0.2) is 66.7 Å². The molecular weight excluding hydrogens is 392 g/mol. The van der Waals surface area contributed by atoms with Crippen LogP contribution in [0.3, 0.4) is 0 Å². The molecule has 0 fully saturated rings. The van der Waals surface area contributed by atoms with Gasteiger partial charge in [0, 0.05) is 19.2 Å². The van der Waals surface area contributed by atoms with Crippen LogP contribution >= 0.6 is 0 Å². The molecule has 3 aromatic rings. The van der Waals surface area contributed by atoms with Crippen molar-refractivity contribution >= 4 is 23.0 Å². The Kier molecular flexibility index (Phi) is 7.38. The molecule has 0 atom stereocenters. The van der Waals surface area contributed by atoms with Crippen LogP contribution in [0.2, 0.25) is 0 Å². The zero-order chi connectivity index (χ0) is 22.2. The van der Waals surface area contributed by atoms with E-state index in [9.17, 15) is 4.79 Å². The van der Waals surface area contributed by atoms with Gasteiger partial charge in [-0.3, -0.25) is 4.79 Å². The topological polar surface area (TPSA) is 60.0 Å². The fraction of sp³-hybridized carbons (Fsp3) is 0.240. The number of hydrogen-bond donors (Lipinski definition) is 1. The summed E-state index contributed by atoms with van der Waals surface area (Å²) in [5, 5.41) is 3.04. The van der Waals surface area contributed by atoms with Crippen LogP contribution in [-0.2, 0) is 11.2 Å². The molecule has 0 unspecified atom stereocenters. The first-order valence-electron chi connectivity index (χ1n) is 10.0. The summed E-state index contributed by atoms with van der Waals surface area (Å²) in [5.74, 6) is 1.62. The molecule has 31 heavy (non-hydrogen) atoms. The molecule has 0 aromatic heterocycles. The van der Waals surface area contributed by atoms with E-state index in [2.05, 4.69) is 10.2 Å². The van der Waals surface area contributed by atoms with E-state index in [1.807, 2.05) is 73.8 Å². The molecule has 3 aromatic carbocycles. The zero-order valence-corrected chi connectivity index (χ0v) is 18.3. The van der Waals surface area contributed by atoms with E-state index in [4.69, 9.17) is 14.2 Å². The summed E-state index contributed by atoms with van der Waals surface area (Å²) in [5.41, 5.74) is 3.67. The van der Waals surface area contributed by atoms with Crippen molar-refractivity contribution in [2.75, 3.05) is 38.6 Å². The Hall–Kier alpha value is -3.67. The van der Waals surface area contributed by atoms with Gasteiger partial charge in [-0.05, 0) is 48.4 Å². The van der Waals surface area contributed by atoms with Gasteiger partial charge < -0.3 is 24.4 Å². The lowest BCUT2D eigenvalue weighted by Crippen LogP contribution is -2.17.